The van der Waals surface area contributed by atoms with Crippen molar-refractivity contribution >= 4 is 23.3 Å². The molecule has 0 N–H and O–H groups in total. The number of hydrogen-bond donors (Lipinski definition) is 0. The Balaban J connectivity index is 1.72. The van der Waals surface area contributed by atoms with Crippen LogP contribution in [0.3, 0.4) is 0 Å². The molecule has 0 aromatic heterocycles. The maximum Gasteiger partial charge on any atom is 0.359 e. The number of para-hydroxylation sites is 1. The highest BCUT2D eigenvalue weighted by atomic mass is 16.5. The number of rotatable bonds is 4. The molecule has 0 unspecified atom stereocenters. The molecule has 1 fully saturated rings. The van der Waals surface area contributed by atoms with E-state index in [1.165, 1.54) is 5.01 Å². The number of anilines is 1. The van der Waals surface area contributed by atoms with E-state index in [0.29, 0.717) is 23.1 Å². The third kappa shape index (κ3) is 2.82. The van der Waals surface area contributed by atoms with Crippen LogP contribution >= 0.6 is 0 Å². The number of ether oxygens (including phenoxy) is 1. The lowest BCUT2D eigenvalue weighted by Crippen LogP contribution is -2.47. The molecule has 4 aliphatic rings. The van der Waals surface area contributed by atoms with Gasteiger partial charge >= 0.3 is 5.97 Å². The van der Waals surface area contributed by atoms with Gasteiger partial charge in [0.05, 0.1) is 17.9 Å². The summed E-state index contributed by atoms with van der Waals surface area (Å²) in [6.07, 6.45) is 6.23. The molecule has 1 saturated carbocycles. The van der Waals surface area contributed by atoms with Crippen LogP contribution < -0.4 is 5.01 Å². The summed E-state index contributed by atoms with van der Waals surface area (Å²) in [5.41, 5.74) is 2.42. The van der Waals surface area contributed by atoms with E-state index in [0.717, 1.165) is 18.4 Å². The summed E-state index contributed by atoms with van der Waals surface area (Å²) in [5.74, 6) is 0.288. The quantitative estimate of drug-likeness (QED) is 0.602. The monoisotopic (exact) mass is 364 g/mol. The van der Waals surface area contributed by atoms with Crippen molar-refractivity contribution in [2.75, 3.05) is 11.6 Å². The minimum atomic E-state index is -0.558. The summed E-state index contributed by atoms with van der Waals surface area (Å²) < 4.78 is 5.15. The maximum atomic E-state index is 13.1. The molecule has 5 heteroatoms. The molecule has 2 bridgehead atoms. The Labute approximate surface area is 159 Å². The smallest absolute Gasteiger partial charge is 0.359 e. The van der Waals surface area contributed by atoms with E-state index >= 15 is 0 Å². The number of allylic oxidation sites excluding steroid dienone is 3. The Morgan fingerprint density at radius 1 is 1.33 bits per heavy atom. The van der Waals surface area contributed by atoms with Gasteiger partial charge in [-0.05, 0) is 60.8 Å². The summed E-state index contributed by atoms with van der Waals surface area (Å²) in [6, 6.07) is 9.15. The first-order valence-electron chi connectivity index (χ1n) is 9.50. The van der Waals surface area contributed by atoms with Crippen LogP contribution in [-0.2, 0) is 14.3 Å². The maximum absolute atomic E-state index is 13.1. The average molecular weight is 364 g/mol. The van der Waals surface area contributed by atoms with Crippen LogP contribution in [0.2, 0.25) is 0 Å². The normalized spacial score (nSPS) is 27.1. The predicted octanol–water partition coefficient (Wildman–Crippen LogP) is 3.87. The number of esters is 1. The molecule has 1 heterocycles. The number of fused-ring (bicyclic) bond motifs is 1. The molecule has 5 rings (SSSR count). The molecule has 3 aliphatic carbocycles. The zero-order chi connectivity index (χ0) is 19.2. The van der Waals surface area contributed by atoms with Crippen molar-refractivity contribution in [1.82, 2.24) is 0 Å². The van der Waals surface area contributed by atoms with Crippen molar-refractivity contribution in [1.29, 1.82) is 0 Å². The Bertz CT molecular complexity index is 880. The Hall–Kier alpha value is -2.69. The summed E-state index contributed by atoms with van der Waals surface area (Å²) in [7, 11) is 0. The third-order valence-corrected chi connectivity index (χ3v) is 6.17. The molecular formula is C22H24N2O3. The lowest BCUT2D eigenvalue weighted by molar-refractivity contribution is -0.135. The van der Waals surface area contributed by atoms with Crippen LogP contribution in [0.1, 0.15) is 33.6 Å². The van der Waals surface area contributed by atoms with Crippen molar-refractivity contribution in [3.63, 3.8) is 0 Å². The lowest BCUT2D eigenvalue weighted by Gasteiger charge is -2.56. The second kappa shape index (κ2) is 6.48. The number of carbonyl (C=O) groups is 2. The van der Waals surface area contributed by atoms with E-state index < -0.39 is 5.97 Å². The molecule has 1 aromatic rings. The molecule has 1 aliphatic heterocycles. The number of amides is 1. The summed E-state index contributed by atoms with van der Waals surface area (Å²) >= 11 is 0. The van der Waals surface area contributed by atoms with E-state index in [2.05, 4.69) is 25.0 Å². The van der Waals surface area contributed by atoms with Crippen LogP contribution in [0, 0.1) is 17.3 Å². The first-order valence-corrected chi connectivity index (χ1v) is 9.50. The van der Waals surface area contributed by atoms with Crippen LogP contribution in [0.4, 0.5) is 5.69 Å². The fourth-order valence-corrected chi connectivity index (χ4v) is 4.37. The van der Waals surface area contributed by atoms with Crippen molar-refractivity contribution in [2.24, 2.45) is 22.4 Å². The fraction of sp³-hybridized carbons (Fsp3) is 0.409. The van der Waals surface area contributed by atoms with E-state index in [1.54, 1.807) is 19.1 Å². The second-order valence-electron chi connectivity index (χ2n) is 7.93. The zero-order valence-corrected chi connectivity index (χ0v) is 15.9. The minimum absolute atomic E-state index is 0.0888. The highest BCUT2D eigenvalue weighted by Gasteiger charge is 2.51. The van der Waals surface area contributed by atoms with E-state index in [-0.39, 0.29) is 23.6 Å². The molecule has 2 atom stereocenters. The van der Waals surface area contributed by atoms with E-state index in [4.69, 9.17) is 4.74 Å². The number of carbonyl (C=O) groups excluding carboxylic acids is 2. The fourth-order valence-electron chi connectivity index (χ4n) is 4.37. The number of benzene rings is 1. The highest BCUT2D eigenvalue weighted by molar-refractivity contribution is 6.53. The van der Waals surface area contributed by atoms with Gasteiger partial charge in [-0.2, -0.15) is 10.1 Å². The molecule has 0 spiro atoms. The molecule has 1 amide bonds. The van der Waals surface area contributed by atoms with Gasteiger partial charge in [0.1, 0.15) is 0 Å². The average Bonchev–Trinajstić information content (AvgIpc) is 2.99. The van der Waals surface area contributed by atoms with Crippen LogP contribution in [-0.4, -0.2) is 24.2 Å². The molecule has 0 saturated heterocycles. The zero-order valence-electron chi connectivity index (χ0n) is 15.9. The van der Waals surface area contributed by atoms with Gasteiger partial charge in [-0.3, -0.25) is 4.79 Å². The van der Waals surface area contributed by atoms with Crippen molar-refractivity contribution in [2.45, 2.75) is 33.6 Å². The Morgan fingerprint density at radius 2 is 2.07 bits per heavy atom. The van der Waals surface area contributed by atoms with E-state index in [9.17, 15) is 9.59 Å². The number of hydrazone groups is 1. The Kier molecular flexibility index (Phi) is 4.25. The molecule has 1 aromatic carbocycles. The molecule has 0 radical (unpaired) electrons. The number of nitrogens with zero attached hydrogens (tertiary/aromatic N) is 2. The summed E-state index contributed by atoms with van der Waals surface area (Å²) in [6.45, 7) is 6.55. The van der Waals surface area contributed by atoms with Gasteiger partial charge in [-0.25, -0.2) is 4.79 Å². The summed E-state index contributed by atoms with van der Waals surface area (Å²) in [4.78, 5) is 25.5. The van der Waals surface area contributed by atoms with E-state index in [1.807, 2.05) is 24.3 Å². The van der Waals surface area contributed by atoms with Gasteiger partial charge in [-0.15, -0.1) is 0 Å². The third-order valence-electron chi connectivity index (χ3n) is 6.17. The number of hydrogen-bond acceptors (Lipinski definition) is 4. The highest BCUT2D eigenvalue weighted by Crippen LogP contribution is 2.59. The van der Waals surface area contributed by atoms with Crippen molar-refractivity contribution in [3.8, 4) is 0 Å². The lowest BCUT2D eigenvalue weighted by atomic mass is 9.49. The minimum Gasteiger partial charge on any atom is -0.461 e. The van der Waals surface area contributed by atoms with Crippen LogP contribution in [0.15, 0.2) is 58.7 Å². The largest absolute Gasteiger partial charge is 0.461 e. The molecule has 27 heavy (non-hydrogen) atoms. The van der Waals surface area contributed by atoms with Gasteiger partial charge in [0, 0.05) is 0 Å². The first kappa shape index (κ1) is 17.7. The van der Waals surface area contributed by atoms with Crippen molar-refractivity contribution < 1.29 is 14.3 Å². The van der Waals surface area contributed by atoms with Gasteiger partial charge < -0.3 is 4.74 Å². The van der Waals surface area contributed by atoms with Gasteiger partial charge in [-0.1, -0.05) is 38.1 Å². The SMILES string of the molecule is CCOC(=O)C1=NN(c2ccccc2)C(=O)/C1=C/C1=CC[C@@H]2C[C@H]1C2(C)C. The van der Waals surface area contributed by atoms with Gasteiger partial charge in [0.25, 0.3) is 5.91 Å². The topological polar surface area (TPSA) is 59.0 Å². The van der Waals surface area contributed by atoms with Crippen LogP contribution in [0.5, 0.6) is 0 Å². The molecule has 140 valence electrons. The second-order valence-corrected chi connectivity index (χ2v) is 7.93. The van der Waals surface area contributed by atoms with Crippen LogP contribution in [0.25, 0.3) is 0 Å². The van der Waals surface area contributed by atoms with Gasteiger partial charge in [0.15, 0.2) is 5.71 Å². The summed E-state index contributed by atoms with van der Waals surface area (Å²) in [5, 5.41) is 5.60. The predicted molar refractivity (Wildman–Crippen MR) is 104 cm³/mol. The Morgan fingerprint density at radius 3 is 2.70 bits per heavy atom. The molecular weight excluding hydrogens is 340 g/mol. The van der Waals surface area contributed by atoms with Gasteiger partial charge in [0.2, 0.25) is 0 Å². The first-order chi connectivity index (χ1) is 12.9. The van der Waals surface area contributed by atoms with Crippen molar-refractivity contribution in [3.05, 3.63) is 53.6 Å². The standard InChI is InChI=1S/C22H24N2O3/c1-4-27-21(26)19-17(12-14-10-11-15-13-18(14)22(15,2)3)20(25)24(23-19)16-8-6-5-7-9-16/h5-10,12,15,18H,4,11,13H2,1-3H3/b17-12+/t15-,18-/m1/s1. The molecule has 5 nitrogen and oxygen atoms in total.